The minimum absolute atomic E-state index is 0.0485. The highest BCUT2D eigenvalue weighted by Gasteiger charge is 2.27. The molecule has 1 aliphatic heterocycles. The van der Waals surface area contributed by atoms with Crippen molar-refractivity contribution >= 4 is 17.1 Å². The molecule has 0 saturated carbocycles. The van der Waals surface area contributed by atoms with E-state index in [1.165, 1.54) is 16.8 Å². The van der Waals surface area contributed by atoms with Crippen LogP contribution in [0.25, 0.3) is 11.2 Å². The van der Waals surface area contributed by atoms with Crippen LogP contribution in [0.15, 0.2) is 53.3 Å². The third-order valence-corrected chi connectivity index (χ3v) is 6.18. The molecule has 180 valence electrons. The number of fused-ring (bicyclic) bond motifs is 1. The lowest BCUT2D eigenvalue weighted by Crippen LogP contribution is -2.42. The first-order chi connectivity index (χ1) is 17.0. The molecule has 35 heavy (non-hydrogen) atoms. The van der Waals surface area contributed by atoms with Crippen molar-refractivity contribution in [1.82, 2.24) is 29.9 Å². The highest BCUT2D eigenvalue weighted by Crippen LogP contribution is 2.25. The molecule has 9 nitrogen and oxygen atoms in total. The van der Waals surface area contributed by atoms with Gasteiger partial charge in [0.15, 0.2) is 17.8 Å². The van der Waals surface area contributed by atoms with Crippen molar-refractivity contribution < 1.29 is 13.9 Å². The van der Waals surface area contributed by atoms with Crippen LogP contribution < -0.4 is 10.3 Å². The maximum absolute atomic E-state index is 13.2. The summed E-state index contributed by atoms with van der Waals surface area (Å²) in [7, 11) is 0. The van der Waals surface area contributed by atoms with Crippen molar-refractivity contribution in [3.63, 3.8) is 0 Å². The van der Waals surface area contributed by atoms with Gasteiger partial charge >= 0.3 is 0 Å². The number of aromatic nitrogens is 5. The van der Waals surface area contributed by atoms with Crippen molar-refractivity contribution in [3.8, 4) is 5.75 Å². The Hall–Kier alpha value is -4.08. The summed E-state index contributed by atoms with van der Waals surface area (Å²) in [4.78, 5) is 34.7. The van der Waals surface area contributed by atoms with Gasteiger partial charge in [0.05, 0.1) is 6.54 Å². The van der Waals surface area contributed by atoms with E-state index in [0.29, 0.717) is 36.9 Å². The average Bonchev–Trinajstić information content (AvgIpc) is 3.28. The third kappa shape index (κ3) is 5.06. The Kier molecular flexibility index (Phi) is 6.26. The summed E-state index contributed by atoms with van der Waals surface area (Å²) in [5.74, 6) is 0.591. The zero-order chi connectivity index (χ0) is 24.4. The van der Waals surface area contributed by atoms with E-state index in [2.05, 4.69) is 20.3 Å². The van der Waals surface area contributed by atoms with Crippen molar-refractivity contribution in [1.29, 1.82) is 0 Å². The van der Waals surface area contributed by atoms with Crippen molar-refractivity contribution in [2.24, 2.45) is 0 Å². The lowest BCUT2D eigenvalue weighted by molar-refractivity contribution is -0.134. The molecule has 1 amide bonds. The van der Waals surface area contributed by atoms with Gasteiger partial charge in [-0.1, -0.05) is 35.0 Å². The number of aryl methyl sites for hydroxylation is 1. The molecule has 0 bridgehead atoms. The number of halogens is 1. The summed E-state index contributed by atoms with van der Waals surface area (Å²) in [6.45, 7) is 3.31. The molecule has 0 aliphatic carbocycles. The summed E-state index contributed by atoms with van der Waals surface area (Å²) >= 11 is 0. The molecule has 4 aromatic rings. The minimum Gasteiger partial charge on any atom is -0.484 e. The minimum atomic E-state index is -0.374. The monoisotopic (exact) mass is 476 g/mol. The maximum Gasteiger partial charge on any atom is 0.281 e. The fraction of sp³-hybridized carbons (Fsp3) is 0.320. The maximum atomic E-state index is 13.2. The number of nitrogens with one attached hydrogen (secondary N) is 1. The first kappa shape index (κ1) is 22.7. The molecule has 1 aliphatic rings. The number of aromatic amines is 1. The second-order valence-corrected chi connectivity index (χ2v) is 8.78. The zero-order valence-electron chi connectivity index (χ0n) is 19.3. The number of H-pyrrole nitrogens is 1. The second kappa shape index (κ2) is 9.65. The Bertz CT molecular complexity index is 1400. The van der Waals surface area contributed by atoms with Gasteiger partial charge in [-0.05, 0) is 49.6 Å². The molecule has 1 unspecified atom stereocenters. The number of nitrogens with zero attached hydrogens (tertiary/aromatic N) is 5. The smallest absolute Gasteiger partial charge is 0.281 e. The first-order valence-corrected chi connectivity index (χ1v) is 11.5. The van der Waals surface area contributed by atoms with E-state index in [0.717, 1.165) is 24.0 Å². The first-order valence-electron chi connectivity index (χ1n) is 11.5. The van der Waals surface area contributed by atoms with Crippen molar-refractivity contribution in [3.05, 3.63) is 81.7 Å². The number of amides is 1. The summed E-state index contributed by atoms with van der Waals surface area (Å²) in [6.07, 6.45) is 1.58. The van der Waals surface area contributed by atoms with Gasteiger partial charge in [0.2, 0.25) is 0 Å². The molecule has 10 heteroatoms. The number of likely N-dealkylation sites (tertiary alicyclic amines) is 1. The molecule has 0 radical (unpaired) electrons. The number of hydrogen-bond acceptors (Lipinski definition) is 6. The van der Waals surface area contributed by atoms with Crippen LogP contribution in [0.1, 0.15) is 35.7 Å². The molecular formula is C25H25FN6O3. The number of piperidine rings is 1. The molecule has 2 aromatic carbocycles. The van der Waals surface area contributed by atoms with Crippen LogP contribution in [0.5, 0.6) is 5.75 Å². The van der Waals surface area contributed by atoms with E-state index < -0.39 is 0 Å². The lowest BCUT2D eigenvalue weighted by Gasteiger charge is -2.32. The van der Waals surface area contributed by atoms with Gasteiger partial charge in [-0.3, -0.25) is 9.59 Å². The van der Waals surface area contributed by atoms with E-state index in [1.807, 2.05) is 31.2 Å². The highest BCUT2D eigenvalue weighted by molar-refractivity contribution is 5.78. The number of benzene rings is 2. The molecule has 1 fully saturated rings. The summed E-state index contributed by atoms with van der Waals surface area (Å²) in [5.41, 5.74) is 2.06. The number of rotatable bonds is 6. The Morgan fingerprint density at radius 2 is 1.94 bits per heavy atom. The van der Waals surface area contributed by atoms with Crippen LogP contribution in [-0.4, -0.2) is 55.5 Å². The normalized spacial score (nSPS) is 15.9. The SMILES string of the molecule is Cc1ccc(OCC(=O)N2CCCC(c3nc4c(nnn4Cc4ccc(F)cc4)c(=O)[nH]3)C2)cc1. The topological polar surface area (TPSA) is 106 Å². The van der Waals surface area contributed by atoms with Crippen LogP contribution >= 0.6 is 0 Å². The lowest BCUT2D eigenvalue weighted by atomic mass is 9.97. The summed E-state index contributed by atoms with van der Waals surface area (Å²) in [6, 6.07) is 13.6. The van der Waals surface area contributed by atoms with Crippen LogP contribution in [0.4, 0.5) is 4.39 Å². The summed E-state index contributed by atoms with van der Waals surface area (Å²) < 4.78 is 20.4. The molecule has 1 atom stereocenters. The fourth-order valence-corrected chi connectivity index (χ4v) is 4.24. The quantitative estimate of drug-likeness (QED) is 0.459. The predicted octanol–water partition coefficient (Wildman–Crippen LogP) is 2.80. The molecule has 2 aromatic heterocycles. The molecular weight excluding hydrogens is 451 g/mol. The molecule has 5 rings (SSSR count). The van der Waals surface area contributed by atoms with E-state index in [-0.39, 0.29) is 35.3 Å². The Labute approximate surface area is 200 Å². The van der Waals surface area contributed by atoms with E-state index in [9.17, 15) is 14.0 Å². The Morgan fingerprint density at radius 1 is 1.17 bits per heavy atom. The number of hydrogen-bond donors (Lipinski definition) is 1. The molecule has 1 N–H and O–H groups in total. The second-order valence-electron chi connectivity index (χ2n) is 8.78. The number of carbonyl (C=O) groups excluding carboxylic acids is 1. The number of carbonyl (C=O) groups is 1. The highest BCUT2D eigenvalue weighted by atomic mass is 19.1. The van der Waals surface area contributed by atoms with E-state index in [4.69, 9.17) is 4.74 Å². The molecule has 0 spiro atoms. The van der Waals surface area contributed by atoms with Gasteiger partial charge in [0, 0.05) is 19.0 Å². The summed E-state index contributed by atoms with van der Waals surface area (Å²) in [5, 5.41) is 8.04. The fourth-order valence-electron chi connectivity index (χ4n) is 4.24. The largest absolute Gasteiger partial charge is 0.484 e. The van der Waals surface area contributed by atoms with Gasteiger partial charge < -0.3 is 14.6 Å². The Balaban J connectivity index is 1.31. The number of ether oxygens (including phenoxy) is 1. The molecule has 1 saturated heterocycles. The standard InChI is InChI=1S/C25H25FN6O3/c1-16-4-10-20(11-5-16)35-15-21(33)31-12-2-3-18(14-31)23-27-24-22(25(34)28-23)29-30-32(24)13-17-6-8-19(26)9-7-17/h4-11,18H,2-3,12-15H2,1H3,(H,27,28,34). The van der Waals surface area contributed by atoms with Gasteiger partial charge in [0.1, 0.15) is 17.4 Å². The Morgan fingerprint density at radius 3 is 2.71 bits per heavy atom. The van der Waals surface area contributed by atoms with Crippen LogP contribution in [-0.2, 0) is 11.3 Å². The zero-order valence-corrected chi connectivity index (χ0v) is 19.3. The third-order valence-electron chi connectivity index (χ3n) is 6.18. The van der Waals surface area contributed by atoms with E-state index in [1.54, 1.807) is 17.0 Å². The predicted molar refractivity (Wildman–Crippen MR) is 127 cm³/mol. The van der Waals surface area contributed by atoms with Crippen LogP contribution in [0, 0.1) is 12.7 Å². The van der Waals surface area contributed by atoms with Gasteiger partial charge in [-0.15, -0.1) is 5.10 Å². The van der Waals surface area contributed by atoms with Crippen molar-refractivity contribution in [2.45, 2.75) is 32.2 Å². The van der Waals surface area contributed by atoms with E-state index >= 15 is 0 Å². The van der Waals surface area contributed by atoms with Gasteiger partial charge in [-0.25, -0.2) is 14.1 Å². The average molecular weight is 477 g/mol. The molecule has 3 heterocycles. The van der Waals surface area contributed by atoms with Gasteiger partial charge in [0.25, 0.3) is 11.5 Å². The van der Waals surface area contributed by atoms with Crippen LogP contribution in [0.3, 0.4) is 0 Å². The van der Waals surface area contributed by atoms with Crippen molar-refractivity contribution in [2.75, 3.05) is 19.7 Å². The van der Waals surface area contributed by atoms with Crippen LogP contribution in [0.2, 0.25) is 0 Å². The van der Waals surface area contributed by atoms with Gasteiger partial charge in [-0.2, -0.15) is 0 Å².